The van der Waals surface area contributed by atoms with E-state index in [2.05, 4.69) is 27.4 Å². The molecule has 0 aliphatic carbocycles. The van der Waals surface area contributed by atoms with Crippen LogP contribution in [0.3, 0.4) is 0 Å². The quantitative estimate of drug-likeness (QED) is 0.425. The summed E-state index contributed by atoms with van der Waals surface area (Å²) in [7, 11) is 0. The van der Waals surface area contributed by atoms with E-state index in [9.17, 15) is 4.79 Å². The van der Waals surface area contributed by atoms with Gasteiger partial charge in [-0.15, -0.1) is 11.8 Å². The molecule has 24 heavy (non-hydrogen) atoms. The Morgan fingerprint density at radius 2 is 1.79 bits per heavy atom. The number of benzene rings is 2. The summed E-state index contributed by atoms with van der Waals surface area (Å²) in [6.45, 7) is 0.617. The van der Waals surface area contributed by atoms with Crippen LogP contribution in [0.15, 0.2) is 71.8 Å². The van der Waals surface area contributed by atoms with Gasteiger partial charge in [-0.3, -0.25) is 9.78 Å². The van der Waals surface area contributed by atoms with Gasteiger partial charge in [-0.1, -0.05) is 30.3 Å². The van der Waals surface area contributed by atoms with Crippen molar-refractivity contribution in [3.63, 3.8) is 0 Å². The molecule has 0 saturated carbocycles. The first-order valence-corrected chi connectivity index (χ1v) is 8.65. The van der Waals surface area contributed by atoms with Crippen LogP contribution in [-0.4, -0.2) is 28.2 Å². The maximum absolute atomic E-state index is 11.8. The third-order valence-corrected chi connectivity index (χ3v) is 4.30. The zero-order valence-corrected chi connectivity index (χ0v) is 13.9. The van der Waals surface area contributed by atoms with E-state index < -0.39 is 0 Å². The molecule has 0 fully saturated rings. The fraction of sp³-hybridized carbons (Fsp3) is 0.105. The second kappa shape index (κ2) is 8.26. The van der Waals surface area contributed by atoms with Gasteiger partial charge in [0.1, 0.15) is 0 Å². The average Bonchev–Trinajstić information content (AvgIpc) is 2.64. The van der Waals surface area contributed by atoms with Gasteiger partial charge in [-0.2, -0.15) is 0 Å². The number of fused-ring (bicyclic) bond motifs is 1. The van der Waals surface area contributed by atoms with Crippen LogP contribution in [0.5, 0.6) is 0 Å². The molecule has 1 aromatic heterocycles. The molecule has 0 aliphatic heterocycles. The van der Waals surface area contributed by atoms with E-state index in [1.54, 1.807) is 24.0 Å². The van der Waals surface area contributed by atoms with Gasteiger partial charge in [0.15, 0.2) is 0 Å². The van der Waals surface area contributed by atoms with Gasteiger partial charge in [0, 0.05) is 23.3 Å². The Morgan fingerprint density at radius 3 is 2.62 bits per heavy atom. The second-order valence-corrected chi connectivity index (χ2v) is 6.24. The van der Waals surface area contributed by atoms with Crippen LogP contribution in [-0.2, 0) is 4.79 Å². The predicted molar refractivity (Wildman–Crippen MR) is 98.7 cm³/mol. The molecule has 3 aromatic rings. The Kier molecular flexibility index (Phi) is 5.58. The van der Waals surface area contributed by atoms with Gasteiger partial charge >= 0.3 is 0 Å². The summed E-state index contributed by atoms with van der Waals surface area (Å²) < 4.78 is 0. The Labute approximate surface area is 145 Å². The fourth-order valence-corrected chi connectivity index (χ4v) is 2.92. The smallest absolute Gasteiger partial charge is 0.244 e. The lowest BCUT2D eigenvalue weighted by atomic mass is 10.3. The monoisotopic (exact) mass is 335 g/mol. The molecular formula is C19H17N3OS. The van der Waals surface area contributed by atoms with Crippen molar-refractivity contribution in [2.24, 2.45) is 0 Å². The molecule has 3 rings (SSSR count). The topological polar surface area (TPSA) is 54.9 Å². The molecule has 0 saturated heterocycles. The molecule has 5 heteroatoms. The molecule has 2 aromatic carbocycles. The molecule has 0 spiro atoms. The number of carbonyl (C=O) groups is 1. The van der Waals surface area contributed by atoms with Crippen molar-refractivity contribution in [1.82, 2.24) is 15.3 Å². The molecule has 0 radical (unpaired) electrons. The van der Waals surface area contributed by atoms with Crippen LogP contribution < -0.4 is 5.32 Å². The highest BCUT2D eigenvalue weighted by atomic mass is 32.2. The Bertz CT molecular complexity index is 849. The highest BCUT2D eigenvalue weighted by molar-refractivity contribution is 7.99. The first-order valence-electron chi connectivity index (χ1n) is 7.67. The molecule has 120 valence electrons. The minimum Gasteiger partial charge on any atom is -0.352 e. The number of para-hydroxylation sites is 2. The third-order valence-electron chi connectivity index (χ3n) is 3.29. The normalized spacial score (nSPS) is 11.0. The lowest BCUT2D eigenvalue weighted by Gasteiger charge is -2.02. The molecule has 1 heterocycles. The van der Waals surface area contributed by atoms with Gasteiger partial charge in [-0.25, -0.2) is 4.98 Å². The third kappa shape index (κ3) is 4.67. The summed E-state index contributed by atoms with van der Waals surface area (Å²) in [5.41, 5.74) is 2.33. The number of hydrogen-bond donors (Lipinski definition) is 1. The fourth-order valence-electron chi connectivity index (χ4n) is 2.13. The standard InChI is InChI=1S/C19H17N3OS/c23-19(20-12-13-24-16-6-2-1-3-7-16)11-10-15-14-21-17-8-4-5-9-18(17)22-15/h1-11,14H,12-13H2,(H,20,23)/b11-10+. The minimum atomic E-state index is -0.126. The van der Waals surface area contributed by atoms with E-state index in [4.69, 9.17) is 0 Å². The Morgan fingerprint density at radius 1 is 1.04 bits per heavy atom. The number of nitrogens with zero attached hydrogens (tertiary/aromatic N) is 2. The number of rotatable bonds is 6. The summed E-state index contributed by atoms with van der Waals surface area (Å²) in [6, 6.07) is 17.8. The van der Waals surface area contributed by atoms with Gasteiger partial charge < -0.3 is 5.32 Å². The molecule has 1 amide bonds. The molecule has 0 atom stereocenters. The number of nitrogens with one attached hydrogen (secondary N) is 1. The maximum atomic E-state index is 11.8. The lowest BCUT2D eigenvalue weighted by molar-refractivity contribution is -0.116. The van der Waals surface area contributed by atoms with Crippen molar-refractivity contribution in [2.45, 2.75) is 4.90 Å². The number of hydrogen-bond acceptors (Lipinski definition) is 4. The van der Waals surface area contributed by atoms with E-state index >= 15 is 0 Å². The average molecular weight is 335 g/mol. The van der Waals surface area contributed by atoms with Gasteiger partial charge in [0.05, 0.1) is 22.9 Å². The summed E-state index contributed by atoms with van der Waals surface area (Å²) in [6.07, 6.45) is 4.84. The summed E-state index contributed by atoms with van der Waals surface area (Å²) >= 11 is 1.72. The highest BCUT2D eigenvalue weighted by Gasteiger charge is 1.99. The van der Waals surface area contributed by atoms with Gasteiger partial charge in [0.25, 0.3) is 0 Å². The van der Waals surface area contributed by atoms with Crippen LogP contribution in [0, 0.1) is 0 Å². The van der Waals surface area contributed by atoms with Crippen molar-refractivity contribution in [2.75, 3.05) is 12.3 Å². The summed E-state index contributed by atoms with van der Waals surface area (Å²) in [5, 5.41) is 2.87. The van der Waals surface area contributed by atoms with E-state index in [-0.39, 0.29) is 5.91 Å². The number of thioether (sulfide) groups is 1. The van der Waals surface area contributed by atoms with Crippen LogP contribution in [0.1, 0.15) is 5.69 Å². The summed E-state index contributed by atoms with van der Waals surface area (Å²) in [4.78, 5) is 21.8. The molecule has 1 N–H and O–H groups in total. The maximum Gasteiger partial charge on any atom is 0.244 e. The highest BCUT2D eigenvalue weighted by Crippen LogP contribution is 2.15. The summed E-state index contributed by atoms with van der Waals surface area (Å²) in [5.74, 6) is 0.706. The first-order chi connectivity index (χ1) is 11.8. The molecule has 4 nitrogen and oxygen atoms in total. The van der Waals surface area contributed by atoms with Crippen molar-refractivity contribution in [3.05, 3.63) is 72.6 Å². The van der Waals surface area contributed by atoms with Crippen LogP contribution >= 0.6 is 11.8 Å². The zero-order chi connectivity index (χ0) is 16.6. The Balaban J connectivity index is 1.47. The zero-order valence-electron chi connectivity index (χ0n) is 13.1. The Hall–Kier alpha value is -2.66. The first kappa shape index (κ1) is 16.2. The van der Waals surface area contributed by atoms with E-state index in [0.717, 1.165) is 16.8 Å². The number of aromatic nitrogens is 2. The van der Waals surface area contributed by atoms with Gasteiger partial charge in [-0.05, 0) is 30.3 Å². The van der Waals surface area contributed by atoms with E-state index in [1.807, 2.05) is 42.5 Å². The number of carbonyl (C=O) groups excluding carboxylic acids is 1. The molecule has 0 unspecified atom stereocenters. The van der Waals surface area contributed by atoms with Crippen molar-refractivity contribution in [3.8, 4) is 0 Å². The van der Waals surface area contributed by atoms with E-state index in [0.29, 0.717) is 12.2 Å². The largest absolute Gasteiger partial charge is 0.352 e. The van der Waals surface area contributed by atoms with Crippen molar-refractivity contribution in [1.29, 1.82) is 0 Å². The van der Waals surface area contributed by atoms with Crippen LogP contribution in [0.4, 0.5) is 0 Å². The minimum absolute atomic E-state index is 0.126. The molecule has 0 aliphatic rings. The second-order valence-electron chi connectivity index (χ2n) is 5.07. The van der Waals surface area contributed by atoms with Gasteiger partial charge in [0.2, 0.25) is 5.91 Å². The SMILES string of the molecule is O=C(/C=C/c1cnc2ccccc2n1)NCCSc1ccccc1. The molecular weight excluding hydrogens is 318 g/mol. The van der Waals surface area contributed by atoms with Crippen LogP contribution in [0.2, 0.25) is 0 Å². The molecule has 0 bridgehead atoms. The van der Waals surface area contributed by atoms with Crippen molar-refractivity contribution >= 4 is 34.8 Å². The number of amides is 1. The van der Waals surface area contributed by atoms with E-state index in [1.165, 1.54) is 11.0 Å². The lowest BCUT2D eigenvalue weighted by Crippen LogP contribution is -2.23. The van der Waals surface area contributed by atoms with Crippen LogP contribution in [0.25, 0.3) is 17.1 Å². The van der Waals surface area contributed by atoms with Crippen molar-refractivity contribution < 1.29 is 4.79 Å². The predicted octanol–water partition coefficient (Wildman–Crippen LogP) is 3.55.